The van der Waals surface area contributed by atoms with Crippen molar-refractivity contribution in [2.24, 2.45) is 0 Å². The molecule has 0 unspecified atom stereocenters. The molecule has 7 heteroatoms. The molecule has 3 rings (SSSR count). The molecule has 3 aromatic rings. The summed E-state index contributed by atoms with van der Waals surface area (Å²) < 4.78 is 6.92. The van der Waals surface area contributed by atoms with E-state index in [0.717, 1.165) is 29.1 Å². The second-order valence-electron chi connectivity index (χ2n) is 6.17. The minimum absolute atomic E-state index is 0. The number of rotatable bonds is 8. The lowest BCUT2D eigenvalue weighted by Crippen LogP contribution is -2.16. The van der Waals surface area contributed by atoms with Crippen LogP contribution in [0.3, 0.4) is 0 Å². The van der Waals surface area contributed by atoms with Gasteiger partial charge in [-0.3, -0.25) is 9.48 Å². The highest BCUT2D eigenvalue weighted by atomic mass is 35.5. The molecule has 1 aromatic heterocycles. The maximum Gasteiger partial charge on any atom is 0.258 e. The Kier molecular flexibility index (Phi) is 8.04. The quantitative estimate of drug-likeness (QED) is 0.604. The molecular weight excluding hydrogens is 376 g/mol. The number of halogens is 1. The van der Waals surface area contributed by atoms with E-state index in [9.17, 15) is 4.79 Å². The summed E-state index contributed by atoms with van der Waals surface area (Å²) >= 11 is 0. The second-order valence-corrected chi connectivity index (χ2v) is 6.17. The van der Waals surface area contributed by atoms with E-state index in [1.54, 1.807) is 24.2 Å². The zero-order valence-electron chi connectivity index (χ0n) is 16.0. The van der Waals surface area contributed by atoms with E-state index >= 15 is 0 Å². The lowest BCUT2D eigenvalue weighted by Gasteiger charge is -2.10. The molecular formula is C21H25ClN4O2. The van der Waals surface area contributed by atoms with Gasteiger partial charge in [0.2, 0.25) is 0 Å². The molecule has 0 aliphatic heterocycles. The van der Waals surface area contributed by atoms with Gasteiger partial charge < -0.3 is 15.4 Å². The molecule has 0 bridgehead atoms. The van der Waals surface area contributed by atoms with Crippen molar-refractivity contribution in [3.8, 4) is 5.75 Å². The van der Waals surface area contributed by atoms with E-state index in [1.807, 2.05) is 48.5 Å². The number of ether oxygens (including phenoxy) is 1. The van der Waals surface area contributed by atoms with Crippen LogP contribution in [-0.4, -0.2) is 29.3 Å². The number of carbonyl (C=O) groups excluding carboxylic acids is 1. The first-order valence-corrected chi connectivity index (χ1v) is 8.95. The minimum atomic E-state index is -0.167. The zero-order valence-corrected chi connectivity index (χ0v) is 16.8. The Balaban J connectivity index is 0.00000280. The van der Waals surface area contributed by atoms with E-state index in [4.69, 9.17) is 4.74 Å². The molecule has 1 heterocycles. The Bertz CT molecular complexity index is 893. The molecule has 2 aromatic carbocycles. The number of amides is 1. The van der Waals surface area contributed by atoms with Crippen molar-refractivity contribution < 1.29 is 9.53 Å². The SMILES string of the molecule is CCNCc1ccccc1NC(=O)c1cnn(Cc2ccc(OC)cc2)c1.Cl. The number of nitrogens with one attached hydrogen (secondary N) is 2. The maximum absolute atomic E-state index is 12.6. The molecule has 0 atom stereocenters. The summed E-state index contributed by atoms with van der Waals surface area (Å²) in [5, 5.41) is 10.6. The van der Waals surface area contributed by atoms with Crippen molar-refractivity contribution >= 4 is 24.0 Å². The first-order valence-electron chi connectivity index (χ1n) is 8.95. The molecule has 28 heavy (non-hydrogen) atoms. The Labute approximate surface area is 171 Å². The lowest BCUT2D eigenvalue weighted by atomic mass is 10.1. The Morgan fingerprint density at radius 2 is 1.89 bits per heavy atom. The molecule has 0 aliphatic rings. The lowest BCUT2D eigenvalue weighted by molar-refractivity contribution is 0.102. The third-order valence-electron chi connectivity index (χ3n) is 4.23. The van der Waals surface area contributed by atoms with Gasteiger partial charge >= 0.3 is 0 Å². The molecule has 0 saturated carbocycles. The highest BCUT2D eigenvalue weighted by molar-refractivity contribution is 6.04. The van der Waals surface area contributed by atoms with Crippen LogP contribution in [0.15, 0.2) is 60.9 Å². The van der Waals surface area contributed by atoms with E-state index < -0.39 is 0 Å². The van der Waals surface area contributed by atoms with Gasteiger partial charge in [0.1, 0.15) is 5.75 Å². The number of nitrogens with zero attached hydrogens (tertiary/aromatic N) is 2. The maximum atomic E-state index is 12.6. The van der Waals surface area contributed by atoms with Crippen LogP contribution in [0.25, 0.3) is 0 Å². The third-order valence-corrected chi connectivity index (χ3v) is 4.23. The smallest absolute Gasteiger partial charge is 0.258 e. The van der Waals surface area contributed by atoms with Gasteiger partial charge in [-0.05, 0) is 35.9 Å². The third kappa shape index (κ3) is 5.58. The van der Waals surface area contributed by atoms with Gasteiger partial charge in [-0.2, -0.15) is 5.10 Å². The van der Waals surface area contributed by atoms with Crippen LogP contribution in [0.5, 0.6) is 5.75 Å². The number of para-hydroxylation sites is 1. The van der Waals surface area contributed by atoms with E-state index in [0.29, 0.717) is 18.7 Å². The number of anilines is 1. The summed E-state index contributed by atoms with van der Waals surface area (Å²) in [7, 11) is 1.64. The van der Waals surface area contributed by atoms with Crippen LogP contribution >= 0.6 is 12.4 Å². The zero-order chi connectivity index (χ0) is 19.1. The predicted molar refractivity (Wildman–Crippen MR) is 113 cm³/mol. The normalized spacial score (nSPS) is 10.2. The summed E-state index contributed by atoms with van der Waals surface area (Å²) in [5.41, 5.74) is 3.48. The average molecular weight is 401 g/mol. The highest BCUT2D eigenvalue weighted by Gasteiger charge is 2.11. The largest absolute Gasteiger partial charge is 0.497 e. The van der Waals surface area contributed by atoms with Gasteiger partial charge in [0.25, 0.3) is 5.91 Å². The molecule has 2 N–H and O–H groups in total. The van der Waals surface area contributed by atoms with Crippen molar-refractivity contribution in [2.45, 2.75) is 20.0 Å². The van der Waals surface area contributed by atoms with Crippen molar-refractivity contribution in [1.29, 1.82) is 0 Å². The van der Waals surface area contributed by atoms with Gasteiger partial charge in [-0.15, -0.1) is 12.4 Å². The number of hydrogen-bond acceptors (Lipinski definition) is 4. The number of hydrogen-bond donors (Lipinski definition) is 2. The fraction of sp³-hybridized carbons (Fsp3) is 0.238. The van der Waals surface area contributed by atoms with Crippen LogP contribution in [0.4, 0.5) is 5.69 Å². The fourth-order valence-corrected chi connectivity index (χ4v) is 2.74. The van der Waals surface area contributed by atoms with Gasteiger partial charge in [-0.25, -0.2) is 0 Å². The van der Waals surface area contributed by atoms with Gasteiger partial charge in [-0.1, -0.05) is 37.3 Å². The summed E-state index contributed by atoms with van der Waals surface area (Å²) in [5.74, 6) is 0.649. The molecule has 148 valence electrons. The summed E-state index contributed by atoms with van der Waals surface area (Å²) in [6.45, 7) is 4.23. The molecule has 0 saturated heterocycles. The van der Waals surface area contributed by atoms with Crippen molar-refractivity contribution in [2.75, 3.05) is 19.0 Å². The number of benzene rings is 2. The van der Waals surface area contributed by atoms with E-state index in [2.05, 4.69) is 22.7 Å². The van der Waals surface area contributed by atoms with Crippen molar-refractivity contribution in [3.05, 3.63) is 77.6 Å². The summed E-state index contributed by atoms with van der Waals surface area (Å²) in [6, 6.07) is 15.6. The molecule has 6 nitrogen and oxygen atoms in total. The van der Waals surface area contributed by atoms with Crippen molar-refractivity contribution in [1.82, 2.24) is 15.1 Å². The number of carbonyl (C=O) groups is 1. The molecule has 1 amide bonds. The first-order chi connectivity index (χ1) is 13.2. The molecule has 0 fully saturated rings. The Morgan fingerprint density at radius 3 is 2.61 bits per heavy atom. The second kappa shape index (κ2) is 10.5. The summed E-state index contributed by atoms with van der Waals surface area (Å²) in [6.07, 6.45) is 3.35. The van der Waals surface area contributed by atoms with Crippen LogP contribution in [0.2, 0.25) is 0 Å². The van der Waals surface area contributed by atoms with Gasteiger partial charge in [0.05, 0.1) is 25.4 Å². The minimum Gasteiger partial charge on any atom is -0.497 e. The van der Waals surface area contributed by atoms with Crippen molar-refractivity contribution in [3.63, 3.8) is 0 Å². The van der Waals surface area contributed by atoms with Crippen LogP contribution in [-0.2, 0) is 13.1 Å². The first kappa shape index (κ1) is 21.5. The molecule has 0 aliphatic carbocycles. The monoisotopic (exact) mass is 400 g/mol. The van der Waals surface area contributed by atoms with Gasteiger partial charge in [0.15, 0.2) is 0 Å². The predicted octanol–water partition coefficient (Wildman–Crippen LogP) is 3.72. The van der Waals surface area contributed by atoms with E-state index in [1.165, 1.54) is 0 Å². The Hall–Kier alpha value is -2.83. The fourth-order valence-electron chi connectivity index (χ4n) is 2.74. The average Bonchev–Trinajstić information content (AvgIpc) is 3.16. The van der Waals surface area contributed by atoms with Gasteiger partial charge in [0, 0.05) is 18.4 Å². The van der Waals surface area contributed by atoms with Crippen LogP contribution in [0, 0.1) is 0 Å². The molecule has 0 radical (unpaired) electrons. The number of methoxy groups -OCH3 is 1. The topological polar surface area (TPSA) is 68.2 Å². The summed E-state index contributed by atoms with van der Waals surface area (Å²) in [4.78, 5) is 12.6. The highest BCUT2D eigenvalue weighted by Crippen LogP contribution is 2.16. The van der Waals surface area contributed by atoms with Crippen LogP contribution in [0.1, 0.15) is 28.4 Å². The molecule has 0 spiro atoms. The number of aromatic nitrogens is 2. The Morgan fingerprint density at radius 1 is 1.14 bits per heavy atom. The standard InChI is InChI=1S/C21H24N4O2.ClH/c1-3-22-12-17-6-4-5-7-20(17)24-21(26)18-13-23-25(15-18)14-16-8-10-19(27-2)11-9-16;/h4-11,13,15,22H,3,12,14H2,1-2H3,(H,24,26);1H. The van der Waals surface area contributed by atoms with E-state index in [-0.39, 0.29) is 18.3 Å². The van der Waals surface area contributed by atoms with Crippen LogP contribution < -0.4 is 15.4 Å².